The average molecular weight is 510 g/mol. The number of carbonyl (C=O) groups is 2. The first kappa shape index (κ1) is 23.9. The molecule has 0 aliphatic carbocycles. The van der Waals surface area contributed by atoms with Gasteiger partial charge in [0.2, 0.25) is 11.8 Å². The molecule has 0 bridgehead atoms. The number of nitrogen functional groups attached to an aromatic ring is 1. The van der Waals surface area contributed by atoms with Crippen molar-refractivity contribution in [1.29, 1.82) is 5.41 Å². The van der Waals surface area contributed by atoms with Gasteiger partial charge in [0.1, 0.15) is 24.6 Å². The fourth-order valence-corrected chi connectivity index (χ4v) is 3.51. The van der Waals surface area contributed by atoms with Crippen molar-refractivity contribution in [3.8, 4) is 5.75 Å². The van der Waals surface area contributed by atoms with Gasteiger partial charge in [-0.1, -0.05) is 6.07 Å². The van der Waals surface area contributed by atoms with Crippen LogP contribution in [-0.4, -0.2) is 22.6 Å². The highest BCUT2D eigenvalue weighted by atomic mass is 79.9. The van der Waals surface area contributed by atoms with Gasteiger partial charge < -0.3 is 21.1 Å². The molecule has 170 valence electrons. The van der Waals surface area contributed by atoms with Crippen molar-refractivity contribution < 1.29 is 14.3 Å². The van der Waals surface area contributed by atoms with Crippen molar-refractivity contribution in [2.75, 3.05) is 5.32 Å². The molecular formula is C24H24BrN5O3. The number of pyridine rings is 1. The molecule has 0 aliphatic heterocycles. The van der Waals surface area contributed by atoms with E-state index < -0.39 is 11.8 Å². The molecule has 3 aromatic rings. The maximum Gasteiger partial charge on any atom is 0.233 e. The van der Waals surface area contributed by atoms with Crippen LogP contribution in [0.2, 0.25) is 0 Å². The number of nitrogens with one attached hydrogen (secondary N) is 3. The molecular weight excluding hydrogens is 486 g/mol. The van der Waals surface area contributed by atoms with Crippen molar-refractivity contribution in [1.82, 2.24) is 10.3 Å². The van der Waals surface area contributed by atoms with E-state index in [2.05, 4.69) is 31.5 Å². The first-order valence-electron chi connectivity index (χ1n) is 10.2. The lowest BCUT2D eigenvalue weighted by Gasteiger charge is -2.16. The first-order chi connectivity index (χ1) is 15.8. The molecule has 9 heteroatoms. The molecule has 1 heterocycles. The Hall–Kier alpha value is -3.72. The number of hydrogen-bond donors (Lipinski definition) is 4. The van der Waals surface area contributed by atoms with Crippen LogP contribution in [0.4, 0.5) is 5.69 Å². The quantitative estimate of drug-likeness (QED) is 0.197. The minimum absolute atomic E-state index is 0.0544. The fourth-order valence-electron chi connectivity index (χ4n) is 3.00. The smallest absolute Gasteiger partial charge is 0.233 e. The Morgan fingerprint density at radius 3 is 2.42 bits per heavy atom. The Labute approximate surface area is 200 Å². The average Bonchev–Trinajstić information content (AvgIpc) is 2.79. The summed E-state index contributed by atoms with van der Waals surface area (Å²) >= 11 is 3.51. The molecule has 8 nitrogen and oxygen atoms in total. The Kier molecular flexibility index (Phi) is 8.15. The van der Waals surface area contributed by atoms with Crippen LogP contribution in [0, 0.1) is 5.41 Å². The highest BCUT2D eigenvalue weighted by Gasteiger charge is 2.15. The molecule has 0 radical (unpaired) electrons. The molecule has 0 fully saturated rings. The van der Waals surface area contributed by atoms with Crippen molar-refractivity contribution in [2.24, 2.45) is 5.73 Å². The third kappa shape index (κ3) is 7.15. The van der Waals surface area contributed by atoms with Crippen LogP contribution in [0.5, 0.6) is 5.75 Å². The summed E-state index contributed by atoms with van der Waals surface area (Å²) < 4.78 is 6.60. The normalized spacial score (nSPS) is 11.3. The topological polar surface area (TPSA) is 130 Å². The highest BCUT2D eigenvalue weighted by molar-refractivity contribution is 9.10. The molecule has 2 amide bonds. The molecule has 1 aromatic heterocycles. The standard InChI is InChI=1S/C24H24BrN5O3/c1-15(18-4-7-21(20(25)12-18)33-14-16-8-10-28-11-9-16)29-22(31)13-23(32)30-19-5-2-17(3-6-19)24(26)27/h2-12,15H,13-14H2,1H3,(H3,26,27)(H,29,31)(H,30,32)/t15-/m0/s1. The van der Waals surface area contributed by atoms with Crippen LogP contribution >= 0.6 is 15.9 Å². The second-order valence-electron chi connectivity index (χ2n) is 7.34. The molecule has 33 heavy (non-hydrogen) atoms. The van der Waals surface area contributed by atoms with Gasteiger partial charge in [0.05, 0.1) is 10.5 Å². The van der Waals surface area contributed by atoms with E-state index in [1.807, 2.05) is 37.3 Å². The lowest BCUT2D eigenvalue weighted by atomic mass is 10.1. The Balaban J connectivity index is 1.50. The number of halogens is 1. The number of benzene rings is 2. The molecule has 0 unspecified atom stereocenters. The lowest BCUT2D eigenvalue weighted by Crippen LogP contribution is -2.30. The van der Waals surface area contributed by atoms with Gasteiger partial charge in [-0.2, -0.15) is 0 Å². The minimum atomic E-state index is -0.434. The van der Waals surface area contributed by atoms with Crippen LogP contribution < -0.4 is 21.1 Å². The molecule has 0 spiro atoms. The number of hydrogen-bond acceptors (Lipinski definition) is 5. The largest absolute Gasteiger partial charge is 0.488 e. The maximum absolute atomic E-state index is 12.3. The summed E-state index contributed by atoms with van der Waals surface area (Å²) in [6.45, 7) is 2.26. The second kappa shape index (κ2) is 11.2. The number of anilines is 1. The van der Waals surface area contributed by atoms with E-state index in [0.29, 0.717) is 23.6 Å². The van der Waals surface area contributed by atoms with Crippen LogP contribution in [0.1, 0.15) is 36.1 Å². The van der Waals surface area contributed by atoms with Crippen LogP contribution in [0.15, 0.2) is 71.5 Å². The monoisotopic (exact) mass is 509 g/mol. The number of nitrogens with zero attached hydrogens (tertiary/aromatic N) is 1. The molecule has 0 saturated carbocycles. The molecule has 0 saturated heterocycles. The van der Waals surface area contributed by atoms with Gasteiger partial charge in [0.25, 0.3) is 0 Å². The molecule has 1 atom stereocenters. The van der Waals surface area contributed by atoms with E-state index >= 15 is 0 Å². The third-order valence-electron chi connectivity index (χ3n) is 4.78. The van der Waals surface area contributed by atoms with E-state index in [4.69, 9.17) is 15.9 Å². The van der Waals surface area contributed by atoms with Crippen LogP contribution in [-0.2, 0) is 16.2 Å². The summed E-state index contributed by atoms with van der Waals surface area (Å²) in [7, 11) is 0. The number of amidine groups is 1. The van der Waals surface area contributed by atoms with Gasteiger partial charge in [-0.25, -0.2) is 0 Å². The maximum atomic E-state index is 12.3. The molecule has 0 aliphatic rings. The number of aromatic nitrogens is 1. The number of amides is 2. The van der Waals surface area contributed by atoms with E-state index in [-0.39, 0.29) is 18.3 Å². The predicted molar refractivity (Wildman–Crippen MR) is 130 cm³/mol. The van der Waals surface area contributed by atoms with Crippen molar-refractivity contribution in [2.45, 2.75) is 26.0 Å². The first-order valence-corrected chi connectivity index (χ1v) is 11.0. The zero-order valence-corrected chi connectivity index (χ0v) is 19.6. The van der Waals surface area contributed by atoms with Gasteiger partial charge in [-0.3, -0.25) is 20.0 Å². The zero-order chi connectivity index (χ0) is 23.8. The molecule has 5 N–H and O–H groups in total. The number of nitrogens with two attached hydrogens (primary N) is 1. The fraction of sp³-hybridized carbons (Fsp3) is 0.167. The van der Waals surface area contributed by atoms with Crippen molar-refractivity contribution in [3.63, 3.8) is 0 Å². The summed E-state index contributed by atoms with van der Waals surface area (Å²) in [6.07, 6.45) is 3.12. The zero-order valence-electron chi connectivity index (χ0n) is 18.0. The molecule has 2 aromatic carbocycles. The summed E-state index contributed by atoms with van der Waals surface area (Å²) in [6, 6.07) is 15.6. The Morgan fingerprint density at radius 2 is 1.79 bits per heavy atom. The summed E-state index contributed by atoms with van der Waals surface area (Å²) in [5.74, 6) is -0.198. The predicted octanol–water partition coefficient (Wildman–Crippen LogP) is 3.91. The SMILES string of the molecule is C[C@H](NC(=O)CC(=O)Nc1ccc(C(=N)N)cc1)c1ccc(OCc2ccncc2)c(Br)c1. The van der Waals surface area contributed by atoms with Gasteiger partial charge in [-0.05, 0) is 82.5 Å². The summed E-state index contributed by atoms with van der Waals surface area (Å²) in [5.41, 5.74) is 8.37. The van der Waals surface area contributed by atoms with E-state index in [1.165, 1.54) is 0 Å². The Morgan fingerprint density at radius 1 is 1.09 bits per heavy atom. The lowest BCUT2D eigenvalue weighted by molar-refractivity contribution is -0.127. The van der Waals surface area contributed by atoms with E-state index in [0.717, 1.165) is 15.6 Å². The van der Waals surface area contributed by atoms with Crippen LogP contribution in [0.25, 0.3) is 0 Å². The Bertz CT molecular complexity index is 1140. The van der Waals surface area contributed by atoms with Gasteiger partial charge in [0, 0.05) is 23.6 Å². The summed E-state index contributed by atoms with van der Waals surface area (Å²) in [4.78, 5) is 28.5. The second-order valence-corrected chi connectivity index (χ2v) is 8.19. The van der Waals surface area contributed by atoms with Gasteiger partial charge in [-0.15, -0.1) is 0 Å². The van der Waals surface area contributed by atoms with Gasteiger partial charge >= 0.3 is 0 Å². The van der Waals surface area contributed by atoms with Crippen molar-refractivity contribution >= 4 is 39.3 Å². The summed E-state index contributed by atoms with van der Waals surface area (Å²) in [5, 5.41) is 12.9. The van der Waals surface area contributed by atoms with Gasteiger partial charge in [0.15, 0.2) is 0 Å². The number of ether oxygens (including phenoxy) is 1. The minimum Gasteiger partial charge on any atom is -0.488 e. The van der Waals surface area contributed by atoms with E-state index in [9.17, 15) is 9.59 Å². The number of rotatable bonds is 9. The van der Waals surface area contributed by atoms with E-state index in [1.54, 1.807) is 36.7 Å². The highest BCUT2D eigenvalue weighted by Crippen LogP contribution is 2.29. The van der Waals surface area contributed by atoms with Crippen LogP contribution in [0.3, 0.4) is 0 Å². The van der Waals surface area contributed by atoms with Crippen molar-refractivity contribution in [3.05, 3.63) is 88.2 Å². The molecule has 3 rings (SSSR count). The number of carbonyl (C=O) groups excluding carboxylic acids is 2. The third-order valence-corrected chi connectivity index (χ3v) is 5.40.